The summed E-state index contributed by atoms with van der Waals surface area (Å²) in [5.74, 6) is 2.92. The molecule has 1 aliphatic heterocycles. The summed E-state index contributed by atoms with van der Waals surface area (Å²) in [5, 5.41) is 12.6. The molecule has 0 bridgehead atoms. The van der Waals surface area contributed by atoms with Gasteiger partial charge in [0.2, 0.25) is 0 Å². The van der Waals surface area contributed by atoms with Crippen LogP contribution in [0.3, 0.4) is 0 Å². The minimum absolute atomic E-state index is 0.291. The Labute approximate surface area is 114 Å². The van der Waals surface area contributed by atoms with Crippen LogP contribution in [-0.4, -0.2) is 29.8 Å². The quantitative estimate of drug-likeness (QED) is 0.858. The van der Waals surface area contributed by atoms with Crippen LogP contribution in [-0.2, 0) is 6.42 Å². The minimum Gasteiger partial charge on any atom is -0.396 e. The zero-order chi connectivity index (χ0) is 12.8. The van der Waals surface area contributed by atoms with Crippen molar-refractivity contribution < 1.29 is 5.11 Å². The van der Waals surface area contributed by atoms with Crippen molar-refractivity contribution in [3.8, 4) is 0 Å². The van der Waals surface area contributed by atoms with Crippen LogP contribution in [0.5, 0.6) is 0 Å². The molecule has 0 fully saturated rings. The Hall–Kier alpha value is -0.510. The second-order valence-electron chi connectivity index (χ2n) is 5.10. The molecule has 0 aromatic heterocycles. The highest BCUT2D eigenvalue weighted by Crippen LogP contribution is 2.27. The summed E-state index contributed by atoms with van der Waals surface area (Å²) in [6, 6.07) is 9.26. The largest absolute Gasteiger partial charge is 0.396 e. The van der Waals surface area contributed by atoms with Gasteiger partial charge in [-0.25, -0.2) is 0 Å². The fourth-order valence-electron chi connectivity index (χ4n) is 2.41. The molecule has 100 valence electrons. The van der Waals surface area contributed by atoms with Gasteiger partial charge in [0.25, 0.3) is 0 Å². The summed E-state index contributed by atoms with van der Waals surface area (Å²) in [4.78, 5) is 0. The van der Waals surface area contributed by atoms with Gasteiger partial charge >= 0.3 is 0 Å². The lowest BCUT2D eigenvalue weighted by atomic mass is 9.99. The van der Waals surface area contributed by atoms with Crippen molar-refractivity contribution in [3.63, 3.8) is 0 Å². The number of hydrogen-bond acceptors (Lipinski definition) is 3. The van der Waals surface area contributed by atoms with Gasteiger partial charge in [-0.2, -0.15) is 11.8 Å². The van der Waals surface area contributed by atoms with Gasteiger partial charge in [-0.3, -0.25) is 0 Å². The lowest BCUT2D eigenvalue weighted by molar-refractivity contribution is 0.258. The highest BCUT2D eigenvalue weighted by molar-refractivity contribution is 7.99. The number of aliphatic hydroxyl groups excluding tert-OH is 1. The molecule has 0 saturated carbocycles. The fourth-order valence-corrected chi connectivity index (χ4v) is 3.47. The van der Waals surface area contributed by atoms with Crippen molar-refractivity contribution in [2.45, 2.75) is 25.8 Å². The number of rotatable bonds is 5. The van der Waals surface area contributed by atoms with Crippen molar-refractivity contribution in [2.24, 2.45) is 5.92 Å². The second-order valence-corrected chi connectivity index (χ2v) is 6.25. The Balaban J connectivity index is 1.99. The molecule has 2 rings (SSSR count). The fraction of sp³-hybridized carbons (Fsp3) is 0.600. The summed E-state index contributed by atoms with van der Waals surface area (Å²) < 4.78 is 0. The number of nitrogens with one attached hydrogen (secondary N) is 1. The van der Waals surface area contributed by atoms with Gasteiger partial charge in [0.05, 0.1) is 0 Å². The van der Waals surface area contributed by atoms with Crippen LogP contribution in [0.25, 0.3) is 0 Å². The SMILES string of the molecule is CC(CCO)CNC1CSCCc2ccccc21. The Morgan fingerprint density at radius 1 is 1.44 bits per heavy atom. The van der Waals surface area contributed by atoms with E-state index in [1.54, 1.807) is 0 Å². The van der Waals surface area contributed by atoms with Crippen molar-refractivity contribution in [1.82, 2.24) is 5.32 Å². The number of aryl methyl sites for hydroxylation is 1. The molecule has 2 nitrogen and oxygen atoms in total. The molecular formula is C15H23NOS. The Kier molecular flexibility index (Phi) is 5.54. The number of thioether (sulfide) groups is 1. The molecule has 1 aromatic rings. The second kappa shape index (κ2) is 7.17. The van der Waals surface area contributed by atoms with Gasteiger partial charge in [0.1, 0.15) is 0 Å². The predicted molar refractivity (Wildman–Crippen MR) is 79.1 cm³/mol. The molecule has 0 radical (unpaired) electrons. The number of fused-ring (bicyclic) bond motifs is 1. The summed E-state index contributed by atoms with van der Waals surface area (Å²) in [6.07, 6.45) is 2.07. The smallest absolute Gasteiger partial charge is 0.0434 e. The highest BCUT2D eigenvalue weighted by atomic mass is 32.2. The van der Waals surface area contributed by atoms with E-state index in [9.17, 15) is 0 Å². The average molecular weight is 265 g/mol. The predicted octanol–water partition coefficient (Wildman–Crippen LogP) is 2.63. The van der Waals surface area contributed by atoms with Crippen LogP contribution in [0.4, 0.5) is 0 Å². The van der Waals surface area contributed by atoms with E-state index in [0.29, 0.717) is 18.6 Å². The third-order valence-electron chi connectivity index (χ3n) is 3.57. The van der Waals surface area contributed by atoms with Crippen molar-refractivity contribution in [3.05, 3.63) is 35.4 Å². The molecule has 2 atom stereocenters. The third kappa shape index (κ3) is 3.74. The Morgan fingerprint density at radius 3 is 3.11 bits per heavy atom. The maximum Gasteiger partial charge on any atom is 0.0434 e. The minimum atomic E-state index is 0.291. The molecule has 0 saturated heterocycles. The summed E-state index contributed by atoms with van der Waals surface area (Å²) >= 11 is 2.03. The summed E-state index contributed by atoms with van der Waals surface area (Å²) in [7, 11) is 0. The van der Waals surface area contributed by atoms with E-state index < -0.39 is 0 Å². The van der Waals surface area contributed by atoms with Gasteiger partial charge in [-0.15, -0.1) is 0 Å². The van der Waals surface area contributed by atoms with Crippen molar-refractivity contribution in [2.75, 3.05) is 24.7 Å². The third-order valence-corrected chi connectivity index (χ3v) is 4.63. The molecule has 0 spiro atoms. The number of aliphatic hydroxyl groups is 1. The van der Waals surface area contributed by atoms with Crippen LogP contribution in [0.1, 0.15) is 30.5 Å². The first-order valence-electron chi connectivity index (χ1n) is 6.81. The first kappa shape index (κ1) is 13.9. The molecule has 1 aliphatic rings. The Morgan fingerprint density at radius 2 is 2.28 bits per heavy atom. The van der Waals surface area contributed by atoms with Crippen molar-refractivity contribution >= 4 is 11.8 Å². The van der Waals surface area contributed by atoms with E-state index in [1.165, 1.54) is 23.3 Å². The monoisotopic (exact) mass is 265 g/mol. The van der Waals surface area contributed by atoms with Crippen LogP contribution in [0.2, 0.25) is 0 Å². The van der Waals surface area contributed by atoms with Crippen LogP contribution >= 0.6 is 11.8 Å². The van der Waals surface area contributed by atoms with E-state index in [-0.39, 0.29) is 0 Å². The van der Waals surface area contributed by atoms with E-state index in [2.05, 4.69) is 36.5 Å². The molecule has 2 unspecified atom stereocenters. The standard InChI is InChI=1S/C15H23NOS/c1-12(6-8-17)10-16-15-11-18-9-7-13-4-2-3-5-14(13)15/h2-5,12,15-17H,6-11H2,1H3. The lowest BCUT2D eigenvalue weighted by Crippen LogP contribution is -2.28. The first-order chi connectivity index (χ1) is 8.81. The van der Waals surface area contributed by atoms with E-state index in [0.717, 1.165) is 18.7 Å². The molecule has 1 aromatic carbocycles. The van der Waals surface area contributed by atoms with Gasteiger partial charge in [-0.1, -0.05) is 31.2 Å². The van der Waals surface area contributed by atoms with Crippen LogP contribution in [0.15, 0.2) is 24.3 Å². The van der Waals surface area contributed by atoms with E-state index in [4.69, 9.17) is 5.11 Å². The van der Waals surface area contributed by atoms with Crippen molar-refractivity contribution in [1.29, 1.82) is 0 Å². The van der Waals surface area contributed by atoms with Gasteiger partial charge in [-0.05, 0) is 42.2 Å². The zero-order valence-corrected chi connectivity index (χ0v) is 11.9. The van der Waals surface area contributed by atoms with Crippen LogP contribution in [0, 0.1) is 5.92 Å². The molecule has 1 heterocycles. The van der Waals surface area contributed by atoms with E-state index >= 15 is 0 Å². The maximum absolute atomic E-state index is 8.94. The average Bonchev–Trinajstić information content (AvgIpc) is 2.59. The summed E-state index contributed by atoms with van der Waals surface area (Å²) in [6.45, 7) is 3.47. The topological polar surface area (TPSA) is 32.3 Å². The first-order valence-corrected chi connectivity index (χ1v) is 7.96. The van der Waals surface area contributed by atoms with Gasteiger partial charge < -0.3 is 10.4 Å². The molecule has 0 aliphatic carbocycles. The summed E-state index contributed by atoms with van der Waals surface area (Å²) in [5.41, 5.74) is 2.97. The zero-order valence-electron chi connectivity index (χ0n) is 11.1. The van der Waals surface area contributed by atoms with Gasteiger partial charge in [0, 0.05) is 18.4 Å². The highest BCUT2D eigenvalue weighted by Gasteiger charge is 2.18. The molecule has 18 heavy (non-hydrogen) atoms. The Bertz CT molecular complexity index is 369. The molecule has 0 amide bonds. The number of benzene rings is 1. The normalized spacial score (nSPS) is 21.1. The van der Waals surface area contributed by atoms with Crippen LogP contribution < -0.4 is 5.32 Å². The van der Waals surface area contributed by atoms with E-state index in [1.807, 2.05) is 11.8 Å². The molecule has 2 N–H and O–H groups in total. The maximum atomic E-state index is 8.94. The lowest BCUT2D eigenvalue weighted by Gasteiger charge is -2.21. The molecular weight excluding hydrogens is 242 g/mol. The number of hydrogen-bond donors (Lipinski definition) is 2. The molecule has 3 heteroatoms. The van der Waals surface area contributed by atoms with Gasteiger partial charge in [0.15, 0.2) is 0 Å².